The van der Waals surface area contributed by atoms with Crippen molar-refractivity contribution < 1.29 is 4.79 Å². The molecule has 0 saturated heterocycles. The predicted octanol–water partition coefficient (Wildman–Crippen LogP) is 3.46. The van der Waals surface area contributed by atoms with E-state index in [0.717, 1.165) is 10.9 Å². The summed E-state index contributed by atoms with van der Waals surface area (Å²) in [5.74, 6) is 0. The summed E-state index contributed by atoms with van der Waals surface area (Å²) in [6.45, 7) is 2.07. The molecule has 0 N–H and O–H groups in total. The van der Waals surface area contributed by atoms with Crippen LogP contribution in [0.2, 0.25) is 0 Å². The number of carbonyl (C=O) groups excluding carboxylic acids is 1. The summed E-state index contributed by atoms with van der Waals surface area (Å²) in [6, 6.07) is 12.2. The van der Waals surface area contributed by atoms with E-state index in [1.54, 1.807) is 0 Å². The average molecular weight is 219 g/mol. The summed E-state index contributed by atoms with van der Waals surface area (Å²) < 4.78 is 0. The minimum Gasteiger partial charge on any atom is -0.281 e. The highest BCUT2D eigenvalue weighted by Gasteiger charge is 2.01. The first-order chi connectivity index (χ1) is 7.15. The normalized spacial score (nSPS) is 10.5. The fourth-order valence-corrected chi connectivity index (χ4v) is 1.84. The molecule has 1 nitrogen and oxygen atoms in total. The maximum absolute atomic E-state index is 10.8. The zero-order valence-electron chi connectivity index (χ0n) is 8.46. The van der Waals surface area contributed by atoms with Crippen LogP contribution in [0.15, 0.2) is 36.4 Å². The van der Waals surface area contributed by atoms with Gasteiger partial charge in [-0.15, -0.1) is 0 Å². The lowest BCUT2D eigenvalue weighted by molar-refractivity contribution is -0.111. The van der Waals surface area contributed by atoms with Crippen molar-refractivity contribution in [2.75, 3.05) is 0 Å². The van der Waals surface area contributed by atoms with Gasteiger partial charge in [0.05, 0.1) is 0 Å². The Morgan fingerprint density at radius 2 is 1.80 bits per heavy atom. The second kappa shape index (κ2) is 4.03. The van der Waals surface area contributed by atoms with Crippen molar-refractivity contribution in [3.05, 3.63) is 47.5 Å². The number of hydrogen-bond donors (Lipinski definition) is 0. The number of halogens is 1. The van der Waals surface area contributed by atoms with Crippen LogP contribution in [-0.4, -0.2) is 5.24 Å². The van der Waals surface area contributed by atoms with E-state index in [4.69, 9.17) is 11.6 Å². The molecule has 0 aliphatic heterocycles. The van der Waals surface area contributed by atoms with Crippen molar-refractivity contribution in [1.82, 2.24) is 0 Å². The third-order valence-electron chi connectivity index (χ3n) is 2.40. The monoisotopic (exact) mass is 218 g/mol. The number of aryl methyl sites for hydroxylation is 1. The van der Waals surface area contributed by atoms with E-state index in [2.05, 4.69) is 25.1 Å². The van der Waals surface area contributed by atoms with Gasteiger partial charge in [0.1, 0.15) is 0 Å². The first kappa shape index (κ1) is 10.2. The highest BCUT2D eigenvalue weighted by atomic mass is 35.5. The lowest BCUT2D eigenvalue weighted by atomic mass is 10.0. The molecule has 76 valence electrons. The molecule has 0 unspecified atom stereocenters. The van der Waals surface area contributed by atoms with Crippen molar-refractivity contribution >= 4 is 27.6 Å². The molecule has 0 heterocycles. The van der Waals surface area contributed by atoms with Crippen molar-refractivity contribution in [2.24, 2.45) is 0 Å². The van der Waals surface area contributed by atoms with Gasteiger partial charge in [-0.2, -0.15) is 0 Å². The zero-order chi connectivity index (χ0) is 10.8. The fourth-order valence-electron chi connectivity index (χ4n) is 1.69. The van der Waals surface area contributed by atoms with Gasteiger partial charge in [-0.05, 0) is 34.9 Å². The smallest absolute Gasteiger partial charge is 0.226 e. The molecule has 15 heavy (non-hydrogen) atoms. The minimum atomic E-state index is -0.318. The van der Waals surface area contributed by atoms with Crippen LogP contribution in [0.5, 0.6) is 0 Å². The molecule has 0 saturated carbocycles. The van der Waals surface area contributed by atoms with Gasteiger partial charge in [0.25, 0.3) is 0 Å². The molecular weight excluding hydrogens is 208 g/mol. The molecule has 0 atom stereocenters. The summed E-state index contributed by atoms with van der Waals surface area (Å²) >= 11 is 5.35. The summed E-state index contributed by atoms with van der Waals surface area (Å²) in [5, 5.41) is 2.03. The van der Waals surface area contributed by atoms with E-state index in [9.17, 15) is 4.79 Å². The largest absolute Gasteiger partial charge is 0.281 e. The molecule has 0 fully saturated rings. The van der Waals surface area contributed by atoms with Crippen LogP contribution in [0.3, 0.4) is 0 Å². The van der Waals surface area contributed by atoms with Gasteiger partial charge in [-0.1, -0.05) is 42.0 Å². The Hall–Kier alpha value is -1.34. The molecule has 0 radical (unpaired) electrons. The molecular formula is C13H11ClO. The van der Waals surface area contributed by atoms with Gasteiger partial charge < -0.3 is 0 Å². The van der Waals surface area contributed by atoms with Gasteiger partial charge >= 0.3 is 0 Å². The Morgan fingerprint density at radius 3 is 2.53 bits per heavy atom. The predicted molar refractivity (Wildman–Crippen MR) is 63.2 cm³/mol. The van der Waals surface area contributed by atoms with Crippen LogP contribution in [0.25, 0.3) is 10.8 Å². The number of fused-ring (bicyclic) bond motifs is 1. The maximum Gasteiger partial charge on any atom is 0.226 e. The standard InChI is InChI=1S/C13H11ClO/c1-9-2-4-12-7-10(8-13(14)15)3-5-11(12)6-9/h2-7H,8H2,1H3. The number of carbonyl (C=O) groups is 1. The van der Waals surface area contributed by atoms with Gasteiger partial charge in [-0.25, -0.2) is 0 Å². The SMILES string of the molecule is Cc1ccc2cc(CC(=O)Cl)ccc2c1. The molecule has 0 aliphatic rings. The minimum absolute atomic E-state index is 0.297. The quantitative estimate of drug-likeness (QED) is 0.706. The summed E-state index contributed by atoms with van der Waals surface area (Å²) in [5.41, 5.74) is 2.20. The summed E-state index contributed by atoms with van der Waals surface area (Å²) in [4.78, 5) is 10.8. The number of rotatable bonds is 2. The lowest BCUT2D eigenvalue weighted by Crippen LogP contribution is -1.92. The average Bonchev–Trinajstić information content (AvgIpc) is 2.17. The molecule has 0 bridgehead atoms. The number of hydrogen-bond acceptors (Lipinski definition) is 1. The van der Waals surface area contributed by atoms with Crippen LogP contribution >= 0.6 is 11.6 Å². The molecule has 0 aliphatic carbocycles. The summed E-state index contributed by atoms with van der Waals surface area (Å²) in [7, 11) is 0. The first-order valence-electron chi connectivity index (χ1n) is 4.83. The van der Waals surface area contributed by atoms with Crippen molar-refractivity contribution in [3.8, 4) is 0 Å². The molecule has 0 aromatic heterocycles. The van der Waals surface area contributed by atoms with Crippen molar-refractivity contribution in [1.29, 1.82) is 0 Å². The Morgan fingerprint density at radius 1 is 1.13 bits per heavy atom. The van der Waals surface area contributed by atoms with Gasteiger partial charge in [-0.3, -0.25) is 4.79 Å². The highest BCUT2D eigenvalue weighted by Crippen LogP contribution is 2.18. The van der Waals surface area contributed by atoms with Gasteiger partial charge in [0.15, 0.2) is 0 Å². The second-order valence-electron chi connectivity index (χ2n) is 3.72. The van der Waals surface area contributed by atoms with Crippen LogP contribution < -0.4 is 0 Å². The van der Waals surface area contributed by atoms with E-state index in [1.807, 2.05) is 18.2 Å². The van der Waals surface area contributed by atoms with E-state index in [1.165, 1.54) is 10.9 Å². The van der Waals surface area contributed by atoms with Gasteiger partial charge in [0, 0.05) is 6.42 Å². The Bertz CT molecular complexity index is 517. The Kier molecular flexibility index (Phi) is 2.74. The molecule has 2 rings (SSSR count). The van der Waals surface area contributed by atoms with E-state index in [-0.39, 0.29) is 5.24 Å². The molecule has 2 aromatic carbocycles. The molecule has 0 spiro atoms. The Balaban J connectivity index is 2.47. The van der Waals surface area contributed by atoms with Crippen LogP contribution in [-0.2, 0) is 11.2 Å². The molecule has 2 heteroatoms. The third kappa shape index (κ3) is 2.37. The zero-order valence-corrected chi connectivity index (χ0v) is 9.21. The fraction of sp³-hybridized carbons (Fsp3) is 0.154. The lowest BCUT2D eigenvalue weighted by Gasteiger charge is -2.02. The van der Waals surface area contributed by atoms with Crippen LogP contribution in [0, 0.1) is 6.92 Å². The highest BCUT2D eigenvalue weighted by molar-refractivity contribution is 6.63. The molecule has 2 aromatic rings. The van der Waals surface area contributed by atoms with Gasteiger partial charge in [0.2, 0.25) is 5.24 Å². The third-order valence-corrected chi connectivity index (χ3v) is 2.54. The van der Waals surface area contributed by atoms with E-state index >= 15 is 0 Å². The first-order valence-corrected chi connectivity index (χ1v) is 5.20. The van der Waals surface area contributed by atoms with Crippen LogP contribution in [0.4, 0.5) is 0 Å². The second-order valence-corrected chi connectivity index (χ2v) is 4.14. The van der Waals surface area contributed by atoms with E-state index in [0.29, 0.717) is 6.42 Å². The summed E-state index contributed by atoms with van der Waals surface area (Å²) in [6.07, 6.45) is 0.297. The van der Waals surface area contributed by atoms with Crippen molar-refractivity contribution in [3.63, 3.8) is 0 Å². The topological polar surface area (TPSA) is 17.1 Å². The van der Waals surface area contributed by atoms with Crippen molar-refractivity contribution in [2.45, 2.75) is 13.3 Å². The van der Waals surface area contributed by atoms with E-state index < -0.39 is 0 Å². The maximum atomic E-state index is 10.8. The van der Waals surface area contributed by atoms with Crippen LogP contribution in [0.1, 0.15) is 11.1 Å². The molecule has 0 amide bonds. The number of benzene rings is 2. The Labute approximate surface area is 93.7 Å².